The largest absolute Gasteiger partial charge is 0.479 e. The van der Waals surface area contributed by atoms with Gasteiger partial charge in [0, 0.05) is 6.04 Å². The summed E-state index contributed by atoms with van der Waals surface area (Å²) in [5, 5.41) is 10.2. The Morgan fingerprint density at radius 2 is 1.85 bits per heavy atom. The molecule has 2 atom stereocenters. The molecule has 0 spiro atoms. The number of rotatable bonds is 5. The maximum atomic E-state index is 13.0. The highest BCUT2D eigenvalue weighted by Gasteiger charge is 2.58. The average molecular weight is 359 g/mol. The van der Waals surface area contributed by atoms with E-state index in [0.717, 1.165) is 31.2 Å². The molecule has 0 aliphatic heterocycles. The van der Waals surface area contributed by atoms with Gasteiger partial charge in [-0.05, 0) is 49.0 Å². The number of carboxylic acid groups (broad SMARTS) is 1. The fraction of sp³-hybridized carbons (Fsp3) is 0.619. The van der Waals surface area contributed by atoms with Crippen LogP contribution in [0.25, 0.3) is 0 Å². The van der Waals surface area contributed by atoms with Gasteiger partial charge in [-0.3, -0.25) is 4.90 Å². The van der Waals surface area contributed by atoms with E-state index in [0.29, 0.717) is 6.42 Å². The molecule has 2 aliphatic carbocycles. The molecule has 5 nitrogen and oxygen atoms in total. The van der Waals surface area contributed by atoms with Gasteiger partial charge in [-0.15, -0.1) is 0 Å². The minimum absolute atomic E-state index is 0.0157. The third-order valence-electron chi connectivity index (χ3n) is 5.97. The Morgan fingerprint density at radius 3 is 2.38 bits per heavy atom. The first-order valence-corrected chi connectivity index (χ1v) is 9.50. The Balaban J connectivity index is 1.82. The van der Waals surface area contributed by atoms with Crippen molar-refractivity contribution in [2.75, 3.05) is 0 Å². The lowest BCUT2D eigenvalue weighted by Crippen LogP contribution is -2.64. The van der Waals surface area contributed by atoms with Gasteiger partial charge in [0.05, 0.1) is 0 Å². The van der Waals surface area contributed by atoms with E-state index < -0.39 is 17.6 Å². The number of amides is 1. The van der Waals surface area contributed by atoms with Crippen molar-refractivity contribution < 1.29 is 19.4 Å². The van der Waals surface area contributed by atoms with Crippen LogP contribution in [0.4, 0.5) is 4.79 Å². The quantitative estimate of drug-likeness (QED) is 0.843. The third-order valence-corrected chi connectivity index (χ3v) is 5.97. The van der Waals surface area contributed by atoms with Crippen molar-refractivity contribution in [3.8, 4) is 0 Å². The summed E-state index contributed by atoms with van der Waals surface area (Å²) < 4.78 is 5.54. The number of hydrogen-bond acceptors (Lipinski definition) is 3. The monoisotopic (exact) mass is 359 g/mol. The van der Waals surface area contributed by atoms with Gasteiger partial charge >= 0.3 is 12.1 Å². The number of benzene rings is 1. The lowest BCUT2D eigenvalue weighted by molar-refractivity contribution is -0.160. The Kier molecular flexibility index (Phi) is 5.00. The molecule has 2 unspecified atom stereocenters. The first-order valence-electron chi connectivity index (χ1n) is 9.50. The summed E-state index contributed by atoms with van der Waals surface area (Å²) in [6, 6.07) is 9.48. The number of carbonyl (C=O) groups excluding carboxylic acids is 1. The summed E-state index contributed by atoms with van der Waals surface area (Å²) in [7, 11) is 0. The van der Waals surface area contributed by atoms with E-state index in [9.17, 15) is 14.7 Å². The van der Waals surface area contributed by atoms with Gasteiger partial charge in [0.2, 0.25) is 0 Å². The predicted octanol–water partition coefficient (Wildman–Crippen LogP) is 4.46. The van der Waals surface area contributed by atoms with Gasteiger partial charge in [-0.25, -0.2) is 9.59 Å². The van der Waals surface area contributed by atoms with Crippen molar-refractivity contribution >= 4 is 12.1 Å². The molecule has 5 heteroatoms. The van der Waals surface area contributed by atoms with E-state index in [1.165, 1.54) is 0 Å². The van der Waals surface area contributed by atoms with Crippen LogP contribution in [0, 0.1) is 11.3 Å². The average Bonchev–Trinajstić information content (AvgIpc) is 3.40. The van der Waals surface area contributed by atoms with Crippen molar-refractivity contribution in [1.29, 1.82) is 0 Å². The highest BCUT2D eigenvalue weighted by atomic mass is 16.6. The molecule has 1 aromatic rings. The molecule has 0 radical (unpaired) electrons. The second-order valence-corrected chi connectivity index (χ2v) is 8.64. The Morgan fingerprint density at radius 1 is 1.19 bits per heavy atom. The lowest BCUT2D eigenvalue weighted by atomic mass is 9.63. The Labute approximate surface area is 155 Å². The van der Waals surface area contributed by atoms with E-state index in [1.54, 1.807) is 4.90 Å². The zero-order valence-electron chi connectivity index (χ0n) is 15.9. The number of nitrogens with zero attached hydrogens (tertiary/aromatic N) is 1. The second kappa shape index (κ2) is 6.93. The fourth-order valence-corrected chi connectivity index (χ4v) is 4.41. The highest BCUT2D eigenvalue weighted by Crippen LogP contribution is 2.50. The first-order chi connectivity index (χ1) is 12.3. The zero-order chi connectivity index (χ0) is 18.9. The van der Waals surface area contributed by atoms with E-state index in [2.05, 4.69) is 13.8 Å². The number of ether oxygens (including phenoxy) is 1. The molecule has 0 saturated heterocycles. The summed E-state index contributed by atoms with van der Waals surface area (Å²) in [5.74, 6) is -1.02. The normalized spacial score (nSPS) is 27.6. The molecule has 0 bridgehead atoms. The van der Waals surface area contributed by atoms with Crippen molar-refractivity contribution in [3.63, 3.8) is 0 Å². The van der Waals surface area contributed by atoms with Gasteiger partial charge in [0.15, 0.2) is 0 Å². The summed E-state index contributed by atoms with van der Waals surface area (Å²) in [5.41, 5.74) is -0.162. The summed E-state index contributed by atoms with van der Waals surface area (Å²) in [6.07, 6.45) is 3.27. The minimum Gasteiger partial charge on any atom is -0.479 e. The van der Waals surface area contributed by atoms with E-state index >= 15 is 0 Å². The second-order valence-electron chi connectivity index (χ2n) is 8.64. The summed E-state index contributed by atoms with van der Waals surface area (Å²) >= 11 is 0. The van der Waals surface area contributed by atoms with Crippen LogP contribution in [-0.2, 0) is 16.1 Å². The maximum Gasteiger partial charge on any atom is 0.411 e. The number of aliphatic carboxylic acids is 1. The SMILES string of the molecule is CC1CC(C)(C)CCC1(C(=O)O)N(C(=O)OCc1ccccc1)C1CC1. The van der Waals surface area contributed by atoms with Gasteiger partial charge in [-0.2, -0.15) is 0 Å². The van der Waals surface area contributed by atoms with Crippen LogP contribution in [0.2, 0.25) is 0 Å². The van der Waals surface area contributed by atoms with Crippen LogP contribution in [0.15, 0.2) is 30.3 Å². The number of carbonyl (C=O) groups is 2. The topological polar surface area (TPSA) is 66.8 Å². The molecular weight excluding hydrogens is 330 g/mol. The predicted molar refractivity (Wildman–Crippen MR) is 98.7 cm³/mol. The van der Waals surface area contributed by atoms with Crippen molar-refractivity contribution in [3.05, 3.63) is 35.9 Å². The van der Waals surface area contributed by atoms with Crippen molar-refractivity contribution in [2.45, 2.75) is 71.1 Å². The standard InChI is InChI=1S/C21H29NO4/c1-15-13-20(2,3)11-12-21(15,18(23)24)22(17-9-10-17)19(25)26-14-16-7-5-4-6-8-16/h4-8,15,17H,9-14H2,1-3H3,(H,23,24). The molecule has 0 heterocycles. The van der Waals surface area contributed by atoms with Crippen LogP contribution in [-0.4, -0.2) is 33.6 Å². The molecule has 26 heavy (non-hydrogen) atoms. The molecule has 2 aliphatic rings. The van der Waals surface area contributed by atoms with Gasteiger partial charge < -0.3 is 9.84 Å². The maximum absolute atomic E-state index is 13.0. The van der Waals surface area contributed by atoms with Gasteiger partial charge in [-0.1, -0.05) is 51.1 Å². The fourth-order valence-electron chi connectivity index (χ4n) is 4.41. The van der Waals surface area contributed by atoms with Crippen LogP contribution >= 0.6 is 0 Å². The third kappa shape index (κ3) is 3.57. The number of carboxylic acids is 1. The van der Waals surface area contributed by atoms with Crippen LogP contribution in [0.5, 0.6) is 0 Å². The molecule has 1 amide bonds. The molecule has 1 N–H and O–H groups in total. The number of hydrogen-bond donors (Lipinski definition) is 1. The van der Waals surface area contributed by atoms with E-state index in [-0.39, 0.29) is 24.0 Å². The smallest absolute Gasteiger partial charge is 0.411 e. The molecule has 2 fully saturated rings. The van der Waals surface area contributed by atoms with E-state index in [1.807, 2.05) is 37.3 Å². The Hall–Kier alpha value is -2.04. The molecule has 0 aromatic heterocycles. The van der Waals surface area contributed by atoms with Crippen LogP contribution < -0.4 is 0 Å². The summed E-state index contributed by atoms with van der Waals surface area (Å²) in [4.78, 5) is 26.9. The summed E-state index contributed by atoms with van der Waals surface area (Å²) in [6.45, 7) is 6.47. The minimum atomic E-state index is -1.16. The molecule has 142 valence electrons. The van der Waals surface area contributed by atoms with Crippen LogP contribution in [0.1, 0.15) is 58.4 Å². The highest BCUT2D eigenvalue weighted by molar-refractivity contribution is 5.85. The van der Waals surface area contributed by atoms with Crippen molar-refractivity contribution in [1.82, 2.24) is 4.90 Å². The molecular formula is C21H29NO4. The molecule has 1 aromatic carbocycles. The zero-order valence-corrected chi connectivity index (χ0v) is 15.9. The van der Waals surface area contributed by atoms with E-state index in [4.69, 9.17) is 4.74 Å². The van der Waals surface area contributed by atoms with Crippen LogP contribution in [0.3, 0.4) is 0 Å². The molecule has 2 saturated carbocycles. The van der Waals surface area contributed by atoms with Crippen molar-refractivity contribution in [2.24, 2.45) is 11.3 Å². The van der Waals surface area contributed by atoms with Gasteiger partial charge in [0.1, 0.15) is 12.1 Å². The lowest BCUT2D eigenvalue weighted by Gasteiger charge is -2.50. The van der Waals surface area contributed by atoms with Gasteiger partial charge in [0.25, 0.3) is 0 Å². The molecule has 3 rings (SSSR count). The first kappa shape index (κ1) is 18.7. The Bertz CT molecular complexity index is 668.